The molecule has 0 radical (unpaired) electrons. The summed E-state index contributed by atoms with van der Waals surface area (Å²) in [6.07, 6.45) is 11.0. The van der Waals surface area contributed by atoms with E-state index in [2.05, 4.69) is 5.32 Å². The number of nitrogens with two attached hydrogens (primary N) is 1. The summed E-state index contributed by atoms with van der Waals surface area (Å²) in [7, 11) is 0. The second-order valence-corrected chi connectivity index (χ2v) is 6.17. The van der Waals surface area contributed by atoms with Gasteiger partial charge in [0.05, 0.1) is 11.6 Å². The number of carbonyl (C=O) groups excluding carboxylic acids is 1. The maximum Gasteiger partial charge on any atom is 0.237 e. The summed E-state index contributed by atoms with van der Waals surface area (Å²) in [5.74, 6) is -0.260. The van der Waals surface area contributed by atoms with E-state index in [4.69, 9.17) is 10.5 Å². The third-order valence-corrected chi connectivity index (χ3v) is 4.34. The van der Waals surface area contributed by atoms with Crippen molar-refractivity contribution in [3.63, 3.8) is 0 Å². The minimum absolute atomic E-state index is 0.260. The molecular formula is C16H32N2O2. The van der Waals surface area contributed by atoms with E-state index < -0.39 is 5.54 Å². The number of likely N-dealkylation sites (N-methyl/N-ethyl adjacent to an activating group) is 1. The van der Waals surface area contributed by atoms with Crippen LogP contribution in [-0.4, -0.2) is 30.7 Å². The molecule has 0 aliphatic heterocycles. The molecule has 0 aromatic rings. The first kappa shape index (κ1) is 17.4. The van der Waals surface area contributed by atoms with Crippen molar-refractivity contribution in [3.8, 4) is 0 Å². The Morgan fingerprint density at radius 1 is 1.25 bits per heavy atom. The number of rotatable bonds is 9. The molecule has 3 N–H and O–H groups in total. The summed E-state index contributed by atoms with van der Waals surface area (Å²) in [6, 6.07) is 0. The average molecular weight is 284 g/mol. The Hall–Kier alpha value is -0.610. The maximum absolute atomic E-state index is 11.5. The molecule has 1 atom stereocenters. The second-order valence-electron chi connectivity index (χ2n) is 6.17. The van der Waals surface area contributed by atoms with Gasteiger partial charge in [-0.2, -0.15) is 0 Å². The van der Waals surface area contributed by atoms with E-state index in [1.807, 2.05) is 13.8 Å². The lowest BCUT2D eigenvalue weighted by atomic mass is 9.94. The van der Waals surface area contributed by atoms with Crippen LogP contribution in [0.4, 0.5) is 0 Å². The van der Waals surface area contributed by atoms with E-state index in [9.17, 15) is 4.79 Å². The standard InChI is InChI=1S/C16H32N2O2/c1-3-18-16(2,15(17)19)12-8-9-13-20-14-10-6-4-5-7-11-14/h14,18H,3-13H2,1-2H3,(H2,17,19). The molecule has 0 spiro atoms. The van der Waals surface area contributed by atoms with Crippen LogP contribution < -0.4 is 11.1 Å². The van der Waals surface area contributed by atoms with Gasteiger partial charge in [0.1, 0.15) is 0 Å². The number of ether oxygens (including phenoxy) is 1. The molecule has 1 unspecified atom stereocenters. The molecule has 1 fully saturated rings. The Kier molecular flexibility index (Phi) is 8.15. The van der Waals surface area contributed by atoms with Crippen molar-refractivity contribution in [3.05, 3.63) is 0 Å². The molecule has 118 valence electrons. The van der Waals surface area contributed by atoms with Crippen LogP contribution in [-0.2, 0) is 9.53 Å². The Labute approximate surface area is 123 Å². The zero-order valence-electron chi connectivity index (χ0n) is 13.2. The van der Waals surface area contributed by atoms with Crippen LogP contribution >= 0.6 is 0 Å². The van der Waals surface area contributed by atoms with Gasteiger partial charge in [-0.1, -0.05) is 32.6 Å². The minimum atomic E-state index is -0.572. The van der Waals surface area contributed by atoms with Crippen molar-refractivity contribution in [2.45, 2.75) is 83.3 Å². The first-order valence-electron chi connectivity index (χ1n) is 8.25. The van der Waals surface area contributed by atoms with Crippen molar-refractivity contribution in [2.24, 2.45) is 5.73 Å². The van der Waals surface area contributed by atoms with Crippen LogP contribution in [0.3, 0.4) is 0 Å². The Morgan fingerprint density at radius 3 is 2.45 bits per heavy atom. The summed E-state index contributed by atoms with van der Waals surface area (Å²) in [5, 5.41) is 3.19. The molecule has 4 heteroatoms. The molecule has 0 aromatic heterocycles. The highest BCUT2D eigenvalue weighted by Gasteiger charge is 2.28. The van der Waals surface area contributed by atoms with E-state index in [1.165, 1.54) is 38.5 Å². The van der Waals surface area contributed by atoms with Crippen molar-refractivity contribution in [1.29, 1.82) is 0 Å². The number of amides is 1. The molecular weight excluding hydrogens is 252 g/mol. The lowest BCUT2D eigenvalue weighted by Crippen LogP contribution is -2.53. The number of hydrogen-bond acceptors (Lipinski definition) is 3. The lowest BCUT2D eigenvalue weighted by molar-refractivity contribution is -0.124. The van der Waals surface area contributed by atoms with Crippen molar-refractivity contribution < 1.29 is 9.53 Å². The molecule has 0 bridgehead atoms. The van der Waals surface area contributed by atoms with Crippen LogP contribution in [0.2, 0.25) is 0 Å². The third-order valence-electron chi connectivity index (χ3n) is 4.34. The highest BCUT2D eigenvalue weighted by Crippen LogP contribution is 2.20. The minimum Gasteiger partial charge on any atom is -0.378 e. The smallest absolute Gasteiger partial charge is 0.237 e. The molecule has 1 rings (SSSR count). The Bertz CT molecular complexity index is 276. The molecule has 1 aliphatic rings. The third kappa shape index (κ3) is 6.23. The molecule has 0 heterocycles. The van der Waals surface area contributed by atoms with E-state index in [1.54, 1.807) is 0 Å². The fourth-order valence-electron chi connectivity index (χ4n) is 2.93. The zero-order valence-corrected chi connectivity index (χ0v) is 13.2. The van der Waals surface area contributed by atoms with Gasteiger partial charge in [0.15, 0.2) is 0 Å². The topological polar surface area (TPSA) is 64.3 Å². The van der Waals surface area contributed by atoms with E-state index in [0.29, 0.717) is 6.10 Å². The number of primary amides is 1. The second kappa shape index (κ2) is 9.35. The molecule has 20 heavy (non-hydrogen) atoms. The monoisotopic (exact) mass is 284 g/mol. The first-order valence-corrected chi connectivity index (χ1v) is 8.25. The first-order chi connectivity index (χ1) is 9.58. The fraction of sp³-hybridized carbons (Fsp3) is 0.938. The van der Waals surface area contributed by atoms with Gasteiger partial charge in [-0.3, -0.25) is 4.79 Å². The summed E-state index contributed by atoms with van der Waals surface area (Å²) < 4.78 is 5.96. The van der Waals surface area contributed by atoms with Crippen molar-refractivity contribution >= 4 is 5.91 Å². The Morgan fingerprint density at radius 2 is 1.90 bits per heavy atom. The quantitative estimate of drug-likeness (QED) is 0.505. The van der Waals surface area contributed by atoms with E-state index in [0.717, 1.165) is 32.4 Å². The zero-order chi connectivity index (χ0) is 14.8. The molecule has 1 amide bonds. The van der Waals surface area contributed by atoms with E-state index in [-0.39, 0.29) is 5.91 Å². The summed E-state index contributed by atoms with van der Waals surface area (Å²) in [4.78, 5) is 11.5. The molecule has 0 aromatic carbocycles. The summed E-state index contributed by atoms with van der Waals surface area (Å²) >= 11 is 0. The number of unbranched alkanes of at least 4 members (excludes halogenated alkanes) is 1. The predicted octanol–water partition coefficient (Wildman–Crippen LogP) is 2.75. The molecule has 0 saturated heterocycles. The summed E-state index contributed by atoms with van der Waals surface area (Å²) in [6.45, 7) is 5.46. The van der Waals surface area contributed by atoms with Crippen LogP contribution in [0.15, 0.2) is 0 Å². The Balaban J connectivity index is 2.15. The van der Waals surface area contributed by atoms with Crippen LogP contribution in [0, 0.1) is 0 Å². The number of carbonyl (C=O) groups is 1. The van der Waals surface area contributed by atoms with Crippen molar-refractivity contribution in [1.82, 2.24) is 5.32 Å². The van der Waals surface area contributed by atoms with Crippen molar-refractivity contribution in [2.75, 3.05) is 13.2 Å². The van der Waals surface area contributed by atoms with Gasteiger partial charge < -0.3 is 15.8 Å². The fourth-order valence-corrected chi connectivity index (χ4v) is 2.93. The van der Waals surface area contributed by atoms with Crippen LogP contribution in [0.25, 0.3) is 0 Å². The highest BCUT2D eigenvalue weighted by atomic mass is 16.5. The normalized spacial score (nSPS) is 20.3. The molecule has 1 saturated carbocycles. The number of hydrogen-bond donors (Lipinski definition) is 2. The van der Waals surface area contributed by atoms with E-state index >= 15 is 0 Å². The lowest BCUT2D eigenvalue weighted by Gasteiger charge is -2.27. The molecule has 1 aliphatic carbocycles. The van der Waals surface area contributed by atoms with Gasteiger partial charge in [0.2, 0.25) is 5.91 Å². The van der Waals surface area contributed by atoms with Crippen LogP contribution in [0.5, 0.6) is 0 Å². The summed E-state index contributed by atoms with van der Waals surface area (Å²) in [5.41, 5.74) is 4.90. The van der Waals surface area contributed by atoms with Gasteiger partial charge in [0.25, 0.3) is 0 Å². The SMILES string of the molecule is CCNC(C)(CCCCOC1CCCCCC1)C(N)=O. The van der Waals surface area contributed by atoms with Crippen LogP contribution in [0.1, 0.15) is 71.6 Å². The van der Waals surface area contributed by atoms with Gasteiger partial charge in [-0.25, -0.2) is 0 Å². The maximum atomic E-state index is 11.5. The van der Waals surface area contributed by atoms with Gasteiger partial charge in [-0.15, -0.1) is 0 Å². The highest BCUT2D eigenvalue weighted by molar-refractivity contribution is 5.84. The molecule has 4 nitrogen and oxygen atoms in total. The van der Waals surface area contributed by atoms with Gasteiger partial charge >= 0.3 is 0 Å². The number of nitrogens with one attached hydrogen (secondary N) is 1. The average Bonchev–Trinajstić information content (AvgIpc) is 2.67. The predicted molar refractivity (Wildman–Crippen MR) is 82.6 cm³/mol. The van der Waals surface area contributed by atoms with Gasteiger partial charge in [0, 0.05) is 6.61 Å². The van der Waals surface area contributed by atoms with Gasteiger partial charge in [-0.05, 0) is 45.6 Å². The largest absolute Gasteiger partial charge is 0.378 e.